The predicted molar refractivity (Wildman–Crippen MR) is 138 cm³/mol. The van der Waals surface area contributed by atoms with Gasteiger partial charge in [-0.2, -0.15) is 0 Å². The number of carboxylic acid groups (broad SMARTS) is 1. The Morgan fingerprint density at radius 1 is 1.22 bits per heavy atom. The summed E-state index contributed by atoms with van der Waals surface area (Å²) in [6.07, 6.45) is 5.95. The third-order valence-corrected chi connectivity index (χ3v) is 7.57. The maximum atomic E-state index is 12.6. The molecule has 0 bridgehead atoms. The molecule has 2 aromatic heterocycles. The number of carbonyl (C=O) groups is 2. The molecule has 0 spiro atoms. The second kappa shape index (κ2) is 10.2. The molecular formula is C28H32N4O5. The Kier molecular flexibility index (Phi) is 6.86. The zero-order valence-corrected chi connectivity index (χ0v) is 21.1. The van der Waals surface area contributed by atoms with E-state index in [1.54, 1.807) is 20.0 Å². The number of hydrogen-bond acceptors (Lipinski definition) is 7. The second-order valence-electron chi connectivity index (χ2n) is 10.1. The Morgan fingerprint density at radius 3 is 2.68 bits per heavy atom. The van der Waals surface area contributed by atoms with Crippen molar-refractivity contribution in [3.63, 3.8) is 0 Å². The van der Waals surface area contributed by atoms with E-state index >= 15 is 0 Å². The van der Waals surface area contributed by atoms with Gasteiger partial charge in [0.2, 0.25) is 5.88 Å². The van der Waals surface area contributed by atoms with E-state index in [1.165, 1.54) is 0 Å². The van der Waals surface area contributed by atoms with Crippen LogP contribution < -0.4 is 10.2 Å². The van der Waals surface area contributed by atoms with Crippen molar-refractivity contribution in [1.29, 1.82) is 0 Å². The first-order valence-electron chi connectivity index (χ1n) is 12.8. The summed E-state index contributed by atoms with van der Waals surface area (Å²) in [5, 5.41) is 16.2. The van der Waals surface area contributed by atoms with Gasteiger partial charge in [0.25, 0.3) is 0 Å². The SMILES string of the molecule is Cc1noc(NC(=O)OC(C)c2ccccc2)c1-c1ccc(N2CCCCC2C2(CC(=O)O)CC2)nc1. The molecule has 2 unspecified atom stereocenters. The fourth-order valence-corrected chi connectivity index (χ4v) is 5.51. The molecule has 1 aliphatic heterocycles. The molecule has 2 N–H and O–H groups in total. The van der Waals surface area contributed by atoms with Gasteiger partial charge in [-0.25, -0.2) is 9.78 Å². The number of piperidine rings is 1. The van der Waals surface area contributed by atoms with Crippen molar-refractivity contribution in [3.8, 4) is 11.1 Å². The van der Waals surface area contributed by atoms with Gasteiger partial charge in [-0.3, -0.25) is 10.1 Å². The number of pyridine rings is 1. The van der Waals surface area contributed by atoms with Gasteiger partial charge in [-0.05, 0) is 63.6 Å². The van der Waals surface area contributed by atoms with Gasteiger partial charge in [-0.15, -0.1) is 0 Å². The number of nitrogens with zero attached hydrogens (tertiary/aromatic N) is 3. The van der Waals surface area contributed by atoms with Crippen molar-refractivity contribution >= 4 is 23.8 Å². The molecule has 37 heavy (non-hydrogen) atoms. The molecule has 1 aliphatic carbocycles. The second-order valence-corrected chi connectivity index (χ2v) is 10.1. The lowest BCUT2D eigenvalue weighted by atomic mass is 9.85. The smallest absolute Gasteiger partial charge is 0.414 e. The lowest BCUT2D eigenvalue weighted by Gasteiger charge is -2.41. The molecule has 2 aliphatic rings. The summed E-state index contributed by atoms with van der Waals surface area (Å²) in [5.74, 6) is 0.308. The predicted octanol–water partition coefficient (Wildman–Crippen LogP) is 5.97. The van der Waals surface area contributed by atoms with Crippen molar-refractivity contribution in [2.75, 3.05) is 16.8 Å². The van der Waals surface area contributed by atoms with Gasteiger partial charge in [0.05, 0.1) is 17.7 Å². The van der Waals surface area contributed by atoms with Crippen LogP contribution in [0.25, 0.3) is 11.1 Å². The summed E-state index contributed by atoms with van der Waals surface area (Å²) in [7, 11) is 0. The monoisotopic (exact) mass is 504 g/mol. The average molecular weight is 505 g/mol. The molecule has 2 atom stereocenters. The molecule has 194 valence electrons. The molecule has 1 amide bonds. The number of carbonyl (C=O) groups excluding carboxylic acids is 1. The van der Waals surface area contributed by atoms with Crippen LogP contribution in [-0.4, -0.2) is 39.9 Å². The number of hydrogen-bond donors (Lipinski definition) is 2. The lowest BCUT2D eigenvalue weighted by Crippen LogP contribution is -2.46. The molecule has 0 radical (unpaired) electrons. The number of amides is 1. The molecule has 1 aromatic carbocycles. The van der Waals surface area contributed by atoms with Crippen LogP contribution in [0, 0.1) is 12.3 Å². The summed E-state index contributed by atoms with van der Waals surface area (Å²) >= 11 is 0. The van der Waals surface area contributed by atoms with Gasteiger partial charge in [0.1, 0.15) is 11.9 Å². The quantitative estimate of drug-likeness (QED) is 0.385. The third-order valence-electron chi connectivity index (χ3n) is 7.57. The molecule has 3 heterocycles. The molecule has 1 saturated carbocycles. The normalized spacial score (nSPS) is 19.2. The summed E-state index contributed by atoms with van der Waals surface area (Å²) in [6, 6.07) is 13.6. The van der Waals surface area contributed by atoms with E-state index in [9.17, 15) is 14.7 Å². The van der Waals surface area contributed by atoms with E-state index in [0.717, 1.165) is 55.6 Å². The van der Waals surface area contributed by atoms with Crippen LogP contribution in [0.5, 0.6) is 0 Å². The number of benzene rings is 1. The first-order valence-corrected chi connectivity index (χ1v) is 12.8. The topological polar surface area (TPSA) is 118 Å². The number of aryl methyl sites for hydroxylation is 1. The number of nitrogens with one attached hydrogen (secondary N) is 1. The van der Waals surface area contributed by atoms with E-state index in [4.69, 9.17) is 14.2 Å². The van der Waals surface area contributed by atoms with E-state index in [2.05, 4.69) is 15.4 Å². The molecule has 3 aromatic rings. The van der Waals surface area contributed by atoms with Crippen LogP contribution in [0.2, 0.25) is 0 Å². The molecule has 1 saturated heterocycles. The van der Waals surface area contributed by atoms with E-state index in [0.29, 0.717) is 11.3 Å². The Hall–Kier alpha value is -3.88. The summed E-state index contributed by atoms with van der Waals surface area (Å²) in [4.78, 5) is 31.1. The minimum absolute atomic E-state index is 0.147. The summed E-state index contributed by atoms with van der Waals surface area (Å²) < 4.78 is 10.9. The molecule has 9 nitrogen and oxygen atoms in total. The van der Waals surface area contributed by atoms with Crippen molar-refractivity contribution in [2.45, 2.75) is 64.5 Å². The van der Waals surface area contributed by atoms with Crippen LogP contribution in [0.15, 0.2) is 53.2 Å². The summed E-state index contributed by atoms with van der Waals surface area (Å²) in [6.45, 7) is 4.47. The van der Waals surface area contributed by atoms with Crippen molar-refractivity contribution in [3.05, 3.63) is 59.9 Å². The van der Waals surface area contributed by atoms with Gasteiger partial charge >= 0.3 is 12.1 Å². The van der Waals surface area contributed by atoms with E-state index in [1.807, 2.05) is 42.5 Å². The lowest BCUT2D eigenvalue weighted by molar-refractivity contribution is -0.138. The Bertz CT molecular complexity index is 1250. The fourth-order valence-electron chi connectivity index (χ4n) is 5.51. The van der Waals surface area contributed by atoms with Crippen LogP contribution in [0.1, 0.15) is 62.8 Å². The Labute approximate surface area is 215 Å². The minimum atomic E-state index is -0.731. The number of aromatic nitrogens is 2. The van der Waals surface area contributed by atoms with E-state index in [-0.39, 0.29) is 23.8 Å². The number of anilines is 2. The fraction of sp³-hybridized carbons (Fsp3) is 0.429. The van der Waals surface area contributed by atoms with Gasteiger partial charge in [0, 0.05) is 29.8 Å². The summed E-state index contributed by atoms with van der Waals surface area (Å²) in [5.41, 5.74) is 2.76. The van der Waals surface area contributed by atoms with Crippen molar-refractivity contribution < 1.29 is 24.0 Å². The van der Waals surface area contributed by atoms with Gasteiger partial charge < -0.3 is 19.3 Å². The highest BCUT2D eigenvalue weighted by atomic mass is 16.6. The molecule has 2 fully saturated rings. The average Bonchev–Trinajstić information content (AvgIpc) is 3.58. The van der Waals surface area contributed by atoms with Gasteiger partial charge in [0.15, 0.2) is 0 Å². The molecule has 9 heteroatoms. The first kappa shape index (κ1) is 24.8. The highest BCUT2D eigenvalue weighted by Gasteiger charge is 2.53. The van der Waals surface area contributed by atoms with Crippen LogP contribution >= 0.6 is 0 Å². The largest absolute Gasteiger partial charge is 0.481 e. The third kappa shape index (κ3) is 5.30. The number of aliphatic carboxylic acids is 1. The molecular weight excluding hydrogens is 472 g/mol. The Morgan fingerprint density at radius 2 is 2.00 bits per heavy atom. The standard InChI is InChI=1S/C28H32N4O5/c1-18-25(26(37-31-18)30-27(35)36-19(2)20-8-4-3-5-9-20)21-11-12-23(29-17-21)32-15-7-6-10-22(32)28(13-14-28)16-24(33)34/h3-5,8-9,11-12,17,19,22H,6-7,10,13-16H2,1-2H3,(H,30,35)(H,33,34). The van der Waals surface area contributed by atoms with Crippen molar-refractivity contribution in [2.24, 2.45) is 5.41 Å². The minimum Gasteiger partial charge on any atom is -0.481 e. The maximum Gasteiger partial charge on any atom is 0.414 e. The number of rotatable bonds is 8. The maximum absolute atomic E-state index is 12.6. The van der Waals surface area contributed by atoms with Crippen LogP contribution in [0.3, 0.4) is 0 Å². The zero-order valence-electron chi connectivity index (χ0n) is 21.1. The first-order chi connectivity index (χ1) is 17.9. The van der Waals surface area contributed by atoms with Crippen LogP contribution in [0.4, 0.5) is 16.5 Å². The molecule has 5 rings (SSSR count). The van der Waals surface area contributed by atoms with Crippen molar-refractivity contribution in [1.82, 2.24) is 10.1 Å². The highest BCUT2D eigenvalue weighted by Crippen LogP contribution is 2.56. The number of ether oxygens (including phenoxy) is 1. The Balaban J connectivity index is 1.31. The van der Waals surface area contributed by atoms with E-state index < -0.39 is 18.2 Å². The van der Waals surface area contributed by atoms with Crippen LogP contribution in [-0.2, 0) is 9.53 Å². The zero-order chi connectivity index (χ0) is 26.0. The van der Waals surface area contributed by atoms with Gasteiger partial charge in [-0.1, -0.05) is 35.5 Å². The highest BCUT2D eigenvalue weighted by molar-refractivity contribution is 5.89. The number of carboxylic acids is 1.